The molecule has 0 aliphatic carbocycles. The van der Waals surface area contributed by atoms with E-state index >= 15 is 0 Å². The Balaban J connectivity index is 1.92. The third-order valence-electron chi connectivity index (χ3n) is 6.34. The van der Waals surface area contributed by atoms with Crippen molar-refractivity contribution in [3.63, 3.8) is 0 Å². The van der Waals surface area contributed by atoms with Gasteiger partial charge < -0.3 is 15.0 Å². The minimum atomic E-state index is -0.761. The lowest BCUT2D eigenvalue weighted by atomic mass is 10.0. The van der Waals surface area contributed by atoms with Gasteiger partial charge in [-0.1, -0.05) is 62.4 Å². The molecule has 0 saturated carbocycles. The van der Waals surface area contributed by atoms with Crippen LogP contribution in [-0.4, -0.2) is 35.9 Å². The van der Waals surface area contributed by atoms with Crippen molar-refractivity contribution in [2.45, 2.75) is 53.6 Å². The van der Waals surface area contributed by atoms with Crippen LogP contribution in [0.15, 0.2) is 66.7 Å². The van der Waals surface area contributed by atoms with Crippen LogP contribution in [0.2, 0.25) is 0 Å². The number of benzene rings is 3. The van der Waals surface area contributed by atoms with E-state index in [1.165, 1.54) is 12.1 Å². The number of nitrogens with one attached hydrogen (secondary N) is 1. The molecule has 0 radical (unpaired) electrons. The van der Waals surface area contributed by atoms with Gasteiger partial charge in [-0.05, 0) is 72.7 Å². The van der Waals surface area contributed by atoms with E-state index in [4.69, 9.17) is 4.74 Å². The quantitative estimate of drug-likeness (QED) is 0.373. The molecule has 0 bridgehead atoms. The molecule has 3 aromatic rings. The Morgan fingerprint density at radius 1 is 0.946 bits per heavy atom. The Morgan fingerprint density at radius 3 is 2.27 bits per heavy atom. The van der Waals surface area contributed by atoms with Crippen LogP contribution in [0.3, 0.4) is 0 Å². The molecule has 0 aliphatic heterocycles. The van der Waals surface area contributed by atoms with E-state index in [1.54, 1.807) is 17.0 Å². The summed E-state index contributed by atoms with van der Waals surface area (Å²) in [6.45, 7) is 10.4. The molecule has 1 atom stereocenters. The van der Waals surface area contributed by atoms with Crippen LogP contribution in [0.5, 0.6) is 5.75 Å². The summed E-state index contributed by atoms with van der Waals surface area (Å²) in [5, 5.41) is 3.00. The van der Waals surface area contributed by atoms with Gasteiger partial charge in [0.05, 0.1) is 0 Å². The molecule has 1 N–H and O–H groups in total. The van der Waals surface area contributed by atoms with Gasteiger partial charge in [-0.25, -0.2) is 4.39 Å². The van der Waals surface area contributed by atoms with Gasteiger partial charge in [0.15, 0.2) is 6.61 Å². The lowest BCUT2D eigenvalue weighted by molar-refractivity contribution is -0.142. The first-order valence-corrected chi connectivity index (χ1v) is 12.7. The van der Waals surface area contributed by atoms with Crippen LogP contribution in [0.25, 0.3) is 0 Å². The zero-order valence-electron chi connectivity index (χ0n) is 22.4. The molecule has 0 fully saturated rings. The van der Waals surface area contributed by atoms with Crippen molar-refractivity contribution in [1.29, 1.82) is 0 Å². The number of hydrogen-bond acceptors (Lipinski definition) is 3. The highest BCUT2D eigenvalue weighted by Gasteiger charge is 2.31. The smallest absolute Gasteiger partial charge is 0.261 e. The lowest BCUT2D eigenvalue weighted by Gasteiger charge is -2.32. The summed E-state index contributed by atoms with van der Waals surface area (Å²) in [5.41, 5.74) is 4.77. The molecule has 196 valence electrons. The van der Waals surface area contributed by atoms with Crippen LogP contribution < -0.4 is 10.1 Å². The normalized spacial score (nSPS) is 11.8. The molecular weight excluding hydrogens is 467 g/mol. The second kappa shape index (κ2) is 13.0. The molecule has 37 heavy (non-hydrogen) atoms. The predicted molar refractivity (Wildman–Crippen MR) is 145 cm³/mol. The molecule has 0 spiro atoms. The molecule has 0 aromatic heterocycles. The van der Waals surface area contributed by atoms with Crippen molar-refractivity contribution >= 4 is 11.8 Å². The number of carbonyl (C=O) groups excluding carboxylic acids is 2. The maximum Gasteiger partial charge on any atom is 0.261 e. The van der Waals surface area contributed by atoms with Crippen molar-refractivity contribution < 1.29 is 18.7 Å². The summed E-state index contributed by atoms with van der Waals surface area (Å²) < 4.78 is 19.6. The highest BCUT2D eigenvalue weighted by Crippen LogP contribution is 2.24. The Morgan fingerprint density at radius 2 is 1.62 bits per heavy atom. The molecule has 0 saturated heterocycles. The summed E-state index contributed by atoms with van der Waals surface area (Å²) in [4.78, 5) is 28.7. The second-order valence-corrected chi connectivity index (χ2v) is 9.99. The molecule has 3 aromatic carbocycles. The maximum atomic E-state index is 13.7. The monoisotopic (exact) mass is 504 g/mol. The lowest BCUT2D eigenvalue weighted by Crippen LogP contribution is -2.52. The van der Waals surface area contributed by atoms with Crippen molar-refractivity contribution in [2.75, 3.05) is 13.2 Å². The third kappa shape index (κ3) is 8.17. The van der Waals surface area contributed by atoms with Gasteiger partial charge in [0.2, 0.25) is 5.91 Å². The van der Waals surface area contributed by atoms with Crippen LogP contribution in [0.1, 0.15) is 41.7 Å². The number of carbonyl (C=O) groups is 2. The highest BCUT2D eigenvalue weighted by atomic mass is 19.1. The minimum Gasteiger partial charge on any atom is -0.483 e. The molecule has 1 unspecified atom stereocenters. The van der Waals surface area contributed by atoms with Gasteiger partial charge >= 0.3 is 0 Å². The fourth-order valence-corrected chi connectivity index (χ4v) is 4.14. The highest BCUT2D eigenvalue weighted by molar-refractivity contribution is 5.88. The molecule has 2 amide bonds. The van der Waals surface area contributed by atoms with Gasteiger partial charge in [-0.3, -0.25) is 9.59 Å². The average Bonchev–Trinajstić information content (AvgIpc) is 2.87. The Labute approximate surface area is 219 Å². The van der Waals surface area contributed by atoms with Gasteiger partial charge in [0.25, 0.3) is 5.91 Å². The van der Waals surface area contributed by atoms with Crippen molar-refractivity contribution in [1.82, 2.24) is 10.2 Å². The van der Waals surface area contributed by atoms with E-state index in [-0.39, 0.29) is 36.7 Å². The number of hydrogen-bond donors (Lipinski definition) is 1. The Bertz CT molecular complexity index is 1190. The zero-order chi connectivity index (χ0) is 26.9. The fraction of sp³-hybridized carbons (Fsp3) is 0.355. The number of amides is 2. The predicted octanol–water partition coefficient (Wildman–Crippen LogP) is 5.54. The van der Waals surface area contributed by atoms with E-state index in [0.717, 1.165) is 27.8 Å². The van der Waals surface area contributed by atoms with Crippen molar-refractivity contribution in [3.05, 3.63) is 100 Å². The van der Waals surface area contributed by atoms with Gasteiger partial charge in [-0.15, -0.1) is 0 Å². The Hall–Kier alpha value is -3.67. The zero-order valence-corrected chi connectivity index (χ0v) is 22.4. The summed E-state index contributed by atoms with van der Waals surface area (Å²) >= 11 is 0. The maximum absolute atomic E-state index is 13.7. The SMILES string of the molecule is Cc1cc(C)c(C)c(OCC(=O)N(Cc2ccc(F)cc2)C(Cc2ccccc2)C(=O)NCC(C)C)c1. The standard InChI is InChI=1S/C31H37FN2O3/c1-21(2)18-33-31(36)28(17-25-9-7-6-8-10-25)34(19-26-11-13-27(32)14-12-26)30(35)20-37-29-16-22(3)15-23(4)24(29)5/h6-16,21,28H,17-20H2,1-5H3,(H,33,36). The molecule has 0 heterocycles. The van der Waals surface area contributed by atoms with E-state index in [1.807, 2.05) is 71.0 Å². The van der Waals surface area contributed by atoms with E-state index in [0.29, 0.717) is 18.7 Å². The van der Waals surface area contributed by atoms with Gasteiger partial charge in [0.1, 0.15) is 17.6 Å². The summed E-state index contributed by atoms with van der Waals surface area (Å²) in [6.07, 6.45) is 0.348. The van der Waals surface area contributed by atoms with Crippen molar-refractivity contribution in [3.8, 4) is 5.75 Å². The minimum absolute atomic E-state index is 0.154. The van der Waals surface area contributed by atoms with Crippen LogP contribution in [0, 0.1) is 32.5 Å². The van der Waals surface area contributed by atoms with Crippen LogP contribution >= 0.6 is 0 Å². The Kier molecular flexibility index (Phi) is 9.84. The first-order valence-electron chi connectivity index (χ1n) is 12.7. The van der Waals surface area contributed by atoms with Crippen molar-refractivity contribution in [2.24, 2.45) is 5.92 Å². The number of aryl methyl sites for hydroxylation is 2. The first kappa shape index (κ1) is 27.9. The van der Waals surface area contributed by atoms with E-state index < -0.39 is 6.04 Å². The van der Waals surface area contributed by atoms with Crippen LogP contribution in [-0.2, 0) is 22.6 Å². The first-order chi connectivity index (χ1) is 17.6. The summed E-state index contributed by atoms with van der Waals surface area (Å²) in [7, 11) is 0. The van der Waals surface area contributed by atoms with Gasteiger partial charge in [0, 0.05) is 19.5 Å². The number of ether oxygens (including phenoxy) is 1. The topological polar surface area (TPSA) is 58.6 Å². The molecule has 5 nitrogen and oxygen atoms in total. The summed E-state index contributed by atoms with van der Waals surface area (Å²) in [5.74, 6) is 0.0137. The number of halogens is 1. The third-order valence-corrected chi connectivity index (χ3v) is 6.34. The second-order valence-electron chi connectivity index (χ2n) is 9.99. The van der Waals surface area contributed by atoms with E-state index in [2.05, 4.69) is 11.4 Å². The number of nitrogens with zero attached hydrogens (tertiary/aromatic N) is 1. The molecule has 0 aliphatic rings. The molecular formula is C31H37FN2O3. The molecule has 3 rings (SSSR count). The molecule has 6 heteroatoms. The largest absolute Gasteiger partial charge is 0.483 e. The van der Waals surface area contributed by atoms with E-state index in [9.17, 15) is 14.0 Å². The van der Waals surface area contributed by atoms with Crippen LogP contribution in [0.4, 0.5) is 4.39 Å². The number of rotatable bonds is 11. The average molecular weight is 505 g/mol. The summed E-state index contributed by atoms with van der Waals surface area (Å²) in [6, 6.07) is 18.8. The van der Waals surface area contributed by atoms with Gasteiger partial charge in [-0.2, -0.15) is 0 Å². The fourth-order valence-electron chi connectivity index (χ4n) is 4.14.